The Morgan fingerprint density at radius 3 is 2.26 bits per heavy atom. The Balaban J connectivity index is 1.97. The monoisotopic (exact) mass is 373 g/mol. The van der Waals surface area contributed by atoms with Crippen LogP contribution in [0.3, 0.4) is 0 Å². The molecule has 0 aliphatic carbocycles. The zero-order valence-corrected chi connectivity index (χ0v) is 15.2. The number of fused-ring (bicyclic) bond motifs is 2. The predicted octanol–water partition coefficient (Wildman–Crippen LogP) is 5.30. The van der Waals surface area contributed by atoms with Gasteiger partial charge in [-0.25, -0.2) is 0 Å². The highest BCUT2D eigenvalue weighted by atomic mass is 19.4. The van der Waals surface area contributed by atoms with Crippen LogP contribution in [0.2, 0.25) is 0 Å². The SMILES string of the molecule is CC1(CC(F)(F)F)N=C(c2ccccc2)c2ccccc2C12CCOCC2. The van der Waals surface area contributed by atoms with Gasteiger partial charge in [0.15, 0.2) is 0 Å². The summed E-state index contributed by atoms with van der Waals surface area (Å²) in [5, 5.41) is 0. The van der Waals surface area contributed by atoms with Crippen LogP contribution in [0.5, 0.6) is 0 Å². The zero-order chi connectivity index (χ0) is 19.1. The van der Waals surface area contributed by atoms with Crippen LogP contribution in [0.25, 0.3) is 0 Å². The number of aliphatic imine (C=N–C) groups is 1. The molecule has 2 aliphatic heterocycles. The van der Waals surface area contributed by atoms with E-state index in [1.165, 1.54) is 0 Å². The first-order valence-corrected chi connectivity index (χ1v) is 9.24. The number of hydrogen-bond acceptors (Lipinski definition) is 2. The predicted molar refractivity (Wildman–Crippen MR) is 99.3 cm³/mol. The molecule has 0 bridgehead atoms. The van der Waals surface area contributed by atoms with E-state index in [1.54, 1.807) is 6.92 Å². The average Bonchev–Trinajstić information content (AvgIpc) is 2.65. The van der Waals surface area contributed by atoms with E-state index >= 15 is 0 Å². The molecule has 1 saturated heterocycles. The maximum Gasteiger partial charge on any atom is 0.391 e. The van der Waals surface area contributed by atoms with Gasteiger partial charge in [-0.05, 0) is 25.3 Å². The number of ether oxygens (including phenoxy) is 1. The quantitative estimate of drug-likeness (QED) is 0.700. The van der Waals surface area contributed by atoms with Crippen LogP contribution in [0.15, 0.2) is 59.6 Å². The normalized spacial score (nSPS) is 24.4. The highest BCUT2D eigenvalue weighted by molar-refractivity contribution is 6.15. The molecule has 0 aromatic heterocycles. The summed E-state index contributed by atoms with van der Waals surface area (Å²) in [6.45, 7) is 2.58. The number of benzene rings is 2. The number of hydrogen-bond donors (Lipinski definition) is 0. The summed E-state index contributed by atoms with van der Waals surface area (Å²) in [4.78, 5) is 4.83. The standard InChI is InChI=1S/C22H22F3NO/c1-20(15-22(23,24)25)21(11-13-27-14-12-21)18-10-6-5-9-17(18)19(26-20)16-7-3-2-4-8-16/h2-10H,11-15H2,1H3. The van der Waals surface area contributed by atoms with Gasteiger partial charge in [0.2, 0.25) is 0 Å². The fraction of sp³-hybridized carbons (Fsp3) is 0.409. The lowest BCUT2D eigenvalue weighted by molar-refractivity contribution is -0.156. The van der Waals surface area contributed by atoms with Crippen LogP contribution in [-0.4, -0.2) is 30.6 Å². The molecule has 1 spiro atoms. The van der Waals surface area contributed by atoms with Crippen molar-refractivity contribution in [2.24, 2.45) is 4.99 Å². The molecule has 4 rings (SSSR count). The van der Waals surface area contributed by atoms with Crippen LogP contribution < -0.4 is 0 Å². The molecule has 1 fully saturated rings. The van der Waals surface area contributed by atoms with Crippen LogP contribution in [-0.2, 0) is 10.2 Å². The fourth-order valence-corrected chi connectivity index (χ4v) is 4.75. The highest BCUT2D eigenvalue weighted by Gasteiger charge is 2.57. The summed E-state index contributed by atoms with van der Waals surface area (Å²) in [5.41, 5.74) is 1.46. The molecule has 0 radical (unpaired) electrons. The lowest BCUT2D eigenvalue weighted by Crippen LogP contribution is -2.56. The van der Waals surface area contributed by atoms with Gasteiger partial charge in [0, 0.05) is 29.8 Å². The molecular weight excluding hydrogens is 351 g/mol. The topological polar surface area (TPSA) is 21.6 Å². The van der Waals surface area contributed by atoms with Gasteiger partial charge in [-0.3, -0.25) is 4.99 Å². The summed E-state index contributed by atoms with van der Waals surface area (Å²) in [5.74, 6) is 0. The van der Waals surface area contributed by atoms with Crippen LogP contribution >= 0.6 is 0 Å². The van der Waals surface area contributed by atoms with E-state index in [0.717, 1.165) is 16.7 Å². The molecular formula is C22H22F3NO. The highest BCUT2D eigenvalue weighted by Crippen LogP contribution is 2.54. The minimum atomic E-state index is -4.29. The van der Waals surface area contributed by atoms with Gasteiger partial charge in [-0.15, -0.1) is 0 Å². The molecule has 2 aromatic rings. The van der Waals surface area contributed by atoms with Crippen molar-refractivity contribution in [2.75, 3.05) is 13.2 Å². The summed E-state index contributed by atoms with van der Waals surface area (Å²) in [6, 6.07) is 17.3. The van der Waals surface area contributed by atoms with Crippen molar-refractivity contribution in [1.82, 2.24) is 0 Å². The van der Waals surface area contributed by atoms with Gasteiger partial charge >= 0.3 is 6.18 Å². The Morgan fingerprint density at radius 2 is 1.59 bits per heavy atom. The number of alkyl halides is 3. The Kier molecular flexibility index (Phi) is 4.38. The fourth-order valence-electron chi connectivity index (χ4n) is 4.75. The van der Waals surface area contributed by atoms with Gasteiger partial charge in [0.1, 0.15) is 0 Å². The zero-order valence-electron chi connectivity index (χ0n) is 15.2. The summed E-state index contributed by atoms with van der Waals surface area (Å²) < 4.78 is 46.4. The number of halogens is 3. The van der Waals surface area contributed by atoms with Crippen LogP contribution in [0.4, 0.5) is 13.2 Å². The lowest BCUT2D eigenvalue weighted by atomic mass is 9.57. The van der Waals surface area contributed by atoms with Gasteiger partial charge < -0.3 is 4.74 Å². The lowest BCUT2D eigenvalue weighted by Gasteiger charge is -2.52. The molecule has 2 nitrogen and oxygen atoms in total. The molecule has 1 atom stereocenters. The van der Waals surface area contributed by atoms with Crippen molar-refractivity contribution in [3.63, 3.8) is 0 Å². The Hall–Kier alpha value is -2.14. The minimum absolute atomic E-state index is 0.456. The van der Waals surface area contributed by atoms with Gasteiger partial charge in [0.25, 0.3) is 0 Å². The van der Waals surface area contributed by atoms with Crippen molar-refractivity contribution in [3.8, 4) is 0 Å². The molecule has 142 valence electrons. The molecule has 0 N–H and O–H groups in total. The van der Waals surface area contributed by atoms with E-state index in [0.29, 0.717) is 31.8 Å². The summed E-state index contributed by atoms with van der Waals surface area (Å²) in [6.07, 6.45) is -4.15. The number of rotatable bonds is 2. The summed E-state index contributed by atoms with van der Waals surface area (Å²) >= 11 is 0. The molecule has 27 heavy (non-hydrogen) atoms. The van der Waals surface area contributed by atoms with Crippen molar-refractivity contribution in [3.05, 3.63) is 71.3 Å². The van der Waals surface area contributed by atoms with Crippen molar-refractivity contribution >= 4 is 5.71 Å². The molecule has 0 amide bonds. The Morgan fingerprint density at radius 1 is 0.963 bits per heavy atom. The maximum atomic E-state index is 13.6. The first-order valence-electron chi connectivity index (χ1n) is 9.24. The van der Waals surface area contributed by atoms with E-state index in [9.17, 15) is 13.2 Å². The molecule has 2 aromatic carbocycles. The van der Waals surface area contributed by atoms with E-state index in [-0.39, 0.29) is 0 Å². The minimum Gasteiger partial charge on any atom is -0.381 e. The molecule has 2 heterocycles. The van der Waals surface area contributed by atoms with Crippen molar-refractivity contribution in [1.29, 1.82) is 0 Å². The third-order valence-corrected chi connectivity index (χ3v) is 6.03. The van der Waals surface area contributed by atoms with E-state index in [2.05, 4.69) is 0 Å². The first kappa shape index (κ1) is 18.2. The second kappa shape index (κ2) is 6.48. The van der Waals surface area contributed by atoms with Crippen LogP contribution in [0.1, 0.15) is 42.9 Å². The van der Waals surface area contributed by atoms with E-state index in [4.69, 9.17) is 9.73 Å². The van der Waals surface area contributed by atoms with E-state index in [1.807, 2.05) is 54.6 Å². The second-order valence-corrected chi connectivity index (χ2v) is 7.63. The van der Waals surface area contributed by atoms with Crippen molar-refractivity contribution < 1.29 is 17.9 Å². The van der Waals surface area contributed by atoms with Gasteiger partial charge in [-0.2, -0.15) is 13.2 Å². The smallest absolute Gasteiger partial charge is 0.381 e. The Bertz CT molecular complexity index is 853. The van der Waals surface area contributed by atoms with E-state index < -0.39 is 23.6 Å². The molecule has 1 unspecified atom stereocenters. The first-order chi connectivity index (χ1) is 12.8. The third-order valence-electron chi connectivity index (χ3n) is 6.03. The number of nitrogens with zero attached hydrogens (tertiary/aromatic N) is 1. The Labute approximate surface area is 157 Å². The van der Waals surface area contributed by atoms with Crippen molar-refractivity contribution in [2.45, 2.75) is 43.3 Å². The molecule has 2 aliphatic rings. The molecule has 0 saturated carbocycles. The average molecular weight is 373 g/mol. The third kappa shape index (κ3) is 3.08. The summed E-state index contributed by atoms with van der Waals surface area (Å²) in [7, 11) is 0. The van der Waals surface area contributed by atoms with Crippen LogP contribution in [0, 0.1) is 0 Å². The maximum absolute atomic E-state index is 13.6. The largest absolute Gasteiger partial charge is 0.391 e. The molecule has 5 heteroatoms. The van der Waals surface area contributed by atoms with Gasteiger partial charge in [-0.1, -0.05) is 54.6 Å². The second-order valence-electron chi connectivity index (χ2n) is 7.63. The van der Waals surface area contributed by atoms with Gasteiger partial charge in [0.05, 0.1) is 17.7 Å².